The number of likely N-dealkylation sites (tertiary alicyclic amines) is 1. The summed E-state index contributed by atoms with van der Waals surface area (Å²) in [7, 11) is 1.77. The molecular weight excluding hydrogens is 483 g/mol. The van der Waals surface area contributed by atoms with Crippen molar-refractivity contribution in [1.82, 2.24) is 15.5 Å². The monoisotopic (exact) mass is 522 g/mol. The van der Waals surface area contributed by atoms with Crippen LogP contribution in [0, 0.1) is 5.92 Å². The van der Waals surface area contributed by atoms with Crippen LogP contribution in [0.2, 0.25) is 0 Å². The first kappa shape index (κ1) is 24.7. The maximum absolute atomic E-state index is 12.8. The van der Waals surface area contributed by atoms with Crippen molar-refractivity contribution in [1.29, 1.82) is 0 Å². The fraction of sp³-hybridized carbons (Fsp3) is 0.905. The Morgan fingerprint density at radius 3 is 2.59 bits per heavy atom. The molecule has 2 N–H and O–H groups in total. The Balaban J connectivity index is 0.00000300. The number of amides is 1. The third-order valence-corrected chi connectivity index (χ3v) is 6.50. The molecule has 1 saturated carbocycles. The molecule has 0 radical (unpaired) electrons. The fourth-order valence-electron chi connectivity index (χ4n) is 4.59. The Hall–Kier alpha value is -0.610. The quantitative estimate of drug-likeness (QED) is 0.319. The van der Waals surface area contributed by atoms with Crippen molar-refractivity contribution >= 4 is 35.8 Å². The van der Waals surface area contributed by atoms with Crippen LogP contribution in [-0.4, -0.2) is 74.9 Å². The second kappa shape index (κ2) is 12.3. The molecule has 168 valence electrons. The first-order valence-corrected chi connectivity index (χ1v) is 11.1. The van der Waals surface area contributed by atoms with E-state index >= 15 is 0 Å². The summed E-state index contributed by atoms with van der Waals surface area (Å²) in [5.74, 6) is 1.44. The van der Waals surface area contributed by atoms with Crippen LogP contribution in [0.25, 0.3) is 0 Å². The molecule has 1 aliphatic carbocycles. The smallest absolute Gasteiger partial charge is 0.225 e. The largest absolute Gasteiger partial charge is 0.381 e. The molecule has 0 spiro atoms. The topological polar surface area (TPSA) is 75.2 Å². The molecule has 3 aliphatic rings. The molecule has 0 aromatic heterocycles. The summed E-state index contributed by atoms with van der Waals surface area (Å²) in [6, 6.07) is 0.263. The maximum atomic E-state index is 12.8. The molecule has 3 fully saturated rings. The highest BCUT2D eigenvalue weighted by Gasteiger charge is 2.34. The van der Waals surface area contributed by atoms with Gasteiger partial charge in [-0.2, -0.15) is 0 Å². The van der Waals surface area contributed by atoms with E-state index in [0.29, 0.717) is 12.5 Å². The minimum absolute atomic E-state index is 0. The first-order chi connectivity index (χ1) is 13.7. The maximum Gasteiger partial charge on any atom is 0.225 e. The van der Waals surface area contributed by atoms with E-state index in [1.165, 1.54) is 19.3 Å². The molecule has 2 saturated heterocycles. The predicted octanol–water partition coefficient (Wildman–Crippen LogP) is 2.54. The van der Waals surface area contributed by atoms with E-state index in [-0.39, 0.29) is 41.5 Å². The van der Waals surface area contributed by atoms with E-state index in [9.17, 15) is 4.79 Å². The minimum Gasteiger partial charge on any atom is -0.381 e. The van der Waals surface area contributed by atoms with Gasteiger partial charge < -0.3 is 25.0 Å². The van der Waals surface area contributed by atoms with Gasteiger partial charge in [0, 0.05) is 64.8 Å². The molecule has 7 nitrogen and oxygen atoms in total. The van der Waals surface area contributed by atoms with Crippen LogP contribution in [0.3, 0.4) is 0 Å². The Labute approximate surface area is 192 Å². The van der Waals surface area contributed by atoms with Crippen molar-refractivity contribution in [3.8, 4) is 0 Å². The van der Waals surface area contributed by atoms with Crippen molar-refractivity contribution in [2.45, 2.75) is 69.9 Å². The lowest BCUT2D eigenvalue weighted by Crippen LogP contribution is -2.47. The summed E-state index contributed by atoms with van der Waals surface area (Å²) in [5, 5.41) is 6.89. The van der Waals surface area contributed by atoms with E-state index < -0.39 is 0 Å². The molecular formula is C21H39IN4O3. The highest BCUT2D eigenvalue weighted by Crippen LogP contribution is 2.27. The number of aliphatic imine (C=N–C) groups is 1. The summed E-state index contributed by atoms with van der Waals surface area (Å²) < 4.78 is 11.3. The van der Waals surface area contributed by atoms with Gasteiger partial charge in [-0.25, -0.2) is 0 Å². The summed E-state index contributed by atoms with van der Waals surface area (Å²) in [6.07, 6.45) is 8.56. The number of hydrogen-bond donors (Lipinski definition) is 2. The van der Waals surface area contributed by atoms with Gasteiger partial charge in [-0.05, 0) is 26.2 Å². The molecule has 1 amide bonds. The van der Waals surface area contributed by atoms with Crippen LogP contribution < -0.4 is 10.6 Å². The van der Waals surface area contributed by atoms with Crippen molar-refractivity contribution in [2.75, 3.05) is 46.5 Å². The number of carbonyl (C=O) groups is 1. The lowest BCUT2D eigenvalue weighted by molar-refractivity contribution is -0.135. The van der Waals surface area contributed by atoms with E-state index in [4.69, 9.17) is 14.5 Å². The third-order valence-electron chi connectivity index (χ3n) is 6.50. The van der Waals surface area contributed by atoms with Crippen LogP contribution in [0.4, 0.5) is 0 Å². The Morgan fingerprint density at radius 1 is 1.21 bits per heavy atom. The fourth-order valence-corrected chi connectivity index (χ4v) is 4.59. The zero-order valence-corrected chi connectivity index (χ0v) is 20.4. The van der Waals surface area contributed by atoms with Crippen molar-refractivity contribution in [2.24, 2.45) is 10.9 Å². The van der Waals surface area contributed by atoms with E-state index in [1.54, 1.807) is 7.11 Å². The SMILES string of the molecule is CCNC(=NCC1(OC)CCOCC1)NC1CCN(C(=O)C2CCCCC2)C1.I. The highest BCUT2D eigenvalue weighted by molar-refractivity contribution is 14.0. The molecule has 3 rings (SSSR count). The van der Waals surface area contributed by atoms with Crippen molar-refractivity contribution in [3.63, 3.8) is 0 Å². The highest BCUT2D eigenvalue weighted by atomic mass is 127. The van der Waals surface area contributed by atoms with Crippen LogP contribution in [0.5, 0.6) is 0 Å². The molecule has 2 aliphatic heterocycles. The van der Waals surface area contributed by atoms with Gasteiger partial charge in [0.2, 0.25) is 5.91 Å². The number of hydrogen-bond acceptors (Lipinski definition) is 4. The number of ether oxygens (including phenoxy) is 2. The Bertz CT molecular complexity index is 534. The van der Waals surface area contributed by atoms with Gasteiger partial charge in [0.1, 0.15) is 0 Å². The standard InChI is InChI=1S/C21H38N4O3.HI/c1-3-22-20(23-16-21(27-2)10-13-28-14-11-21)24-18-9-12-25(15-18)19(26)17-7-5-4-6-8-17;/h17-18H,3-16H2,1-2H3,(H2,22,23,24);1H. The molecule has 0 bridgehead atoms. The number of carbonyl (C=O) groups excluding carboxylic acids is 1. The third kappa shape index (κ3) is 6.95. The lowest BCUT2D eigenvalue weighted by Gasteiger charge is -2.34. The van der Waals surface area contributed by atoms with Crippen molar-refractivity contribution < 1.29 is 14.3 Å². The number of nitrogens with one attached hydrogen (secondary N) is 2. The summed E-state index contributed by atoms with van der Waals surface area (Å²) >= 11 is 0. The average Bonchev–Trinajstić information content (AvgIpc) is 3.21. The normalized spacial score (nSPS) is 25.4. The summed E-state index contributed by atoms with van der Waals surface area (Å²) in [5.41, 5.74) is -0.223. The van der Waals surface area contributed by atoms with Gasteiger partial charge in [-0.15, -0.1) is 24.0 Å². The molecule has 29 heavy (non-hydrogen) atoms. The number of guanidine groups is 1. The molecule has 0 aromatic rings. The van der Waals surface area contributed by atoms with Crippen LogP contribution in [0.15, 0.2) is 4.99 Å². The average molecular weight is 522 g/mol. The lowest BCUT2D eigenvalue weighted by atomic mass is 9.88. The Kier molecular flexibility index (Phi) is 10.5. The molecule has 1 atom stereocenters. The molecule has 2 heterocycles. The van der Waals surface area contributed by atoms with Crippen LogP contribution >= 0.6 is 24.0 Å². The van der Waals surface area contributed by atoms with E-state index in [2.05, 4.69) is 22.5 Å². The van der Waals surface area contributed by atoms with Gasteiger partial charge in [0.05, 0.1) is 12.1 Å². The van der Waals surface area contributed by atoms with Crippen LogP contribution in [0.1, 0.15) is 58.3 Å². The van der Waals surface area contributed by atoms with Gasteiger partial charge in [0.25, 0.3) is 0 Å². The van der Waals surface area contributed by atoms with Gasteiger partial charge >= 0.3 is 0 Å². The van der Waals surface area contributed by atoms with Gasteiger partial charge in [0.15, 0.2) is 5.96 Å². The number of nitrogens with zero attached hydrogens (tertiary/aromatic N) is 2. The van der Waals surface area contributed by atoms with E-state index in [0.717, 1.165) is 70.9 Å². The predicted molar refractivity (Wildman–Crippen MR) is 126 cm³/mol. The molecule has 8 heteroatoms. The summed E-state index contributed by atoms with van der Waals surface area (Å²) in [4.78, 5) is 19.7. The second-order valence-corrected chi connectivity index (χ2v) is 8.44. The van der Waals surface area contributed by atoms with Gasteiger partial charge in [-0.1, -0.05) is 19.3 Å². The Morgan fingerprint density at radius 2 is 1.93 bits per heavy atom. The van der Waals surface area contributed by atoms with Crippen molar-refractivity contribution in [3.05, 3.63) is 0 Å². The number of halogens is 1. The first-order valence-electron chi connectivity index (χ1n) is 11.1. The zero-order chi connectivity index (χ0) is 19.8. The van der Waals surface area contributed by atoms with Crippen LogP contribution in [-0.2, 0) is 14.3 Å². The van der Waals surface area contributed by atoms with E-state index in [1.807, 2.05) is 0 Å². The summed E-state index contributed by atoms with van der Waals surface area (Å²) in [6.45, 7) is 6.61. The minimum atomic E-state index is -0.223. The van der Waals surface area contributed by atoms with Gasteiger partial charge in [-0.3, -0.25) is 9.79 Å². The second-order valence-electron chi connectivity index (χ2n) is 8.44. The molecule has 1 unspecified atom stereocenters. The zero-order valence-electron chi connectivity index (χ0n) is 18.1. The molecule has 0 aromatic carbocycles. The number of methoxy groups -OCH3 is 1. The number of rotatable bonds is 6.